The van der Waals surface area contributed by atoms with Crippen molar-refractivity contribution in [2.75, 3.05) is 0 Å². The highest BCUT2D eigenvalue weighted by Gasteiger charge is 2.27. The van der Waals surface area contributed by atoms with Crippen LogP contribution in [0.25, 0.3) is 0 Å². The summed E-state index contributed by atoms with van der Waals surface area (Å²) in [7, 11) is 0. The number of allylic oxidation sites excluding steroid dienone is 4. The highest BCUT2D eigenvalue weighted by Crippen LogP contribution is 2.28. The monoisotopic (exact) mass is 298 g/mol. The summed E-state index contributed by atoms with van der Waals surface area (Å²) >= 11 is 3.25. The van der Waals surface area contributed by atoms with Crippen LogP contribution >= 0.6 is 15.9 Å². The molecule has 0 unspecified atom stereocenters. The third-order valence-corrected chi connectivity index (χ3v) is 3.80. The first kappa shape index (κ1) is 14.4. The third kappa shape index (κ3) is 3.63. The Morgan fingerprint density at radius 1 is 1.00 bits per heavy atom. The number of Topliss-reactive ketones (excluding diaryl/α,β-unsaturated/α-hetero) is 2. The molecular weight excluding hydrogens is 280 g/mol. The maximum atomic E-state index is 11.8. The van der Waals surface area contributed by atoms with Gasteiger partial charge in [0.1, 0.15) is 0 Å². The average molecular weight is 299 g/mol. The Labute approximate surface area is 111 Å². The maximum absolute atomic E-state index is 11.8. The number of ketones is 2. The van der Waals surface area contributed by atoms with Gasteiger partial charge in [0.15, 0.2) is 0 Å². The number of hydrogen-bond donors (Lipinski definition) is 0. The van der Waals surface area contributed by atoms with Gasteiger partial charge in [0, 0.05) is 5.57 Å². The summed E-state index contributed by atoms with van der Waals surface area (Å²) in [6, 6.07) is 0. The number of halogens is 1. The lowest BCUT2D eigenvalue weighted by molar-refractivity contribution is -0.131. The lowest BCUT2D eigenvalue weighted by Crippen LogP contribution is -2.21. The van der Waals surface area contributed by atoms with Crippen molar-refractivity contribution in [3.05, 3.63) is 21.7 Å². The van der Waals surface area contributed by atoms with Crippen molar-refractivity contribution >= 4 is 27.5 Å². The summed E-state index contributed by atoms with van der Waals surface area (Å²) in [5.74, 6) is -0.699. The minimum Gasteiger partial charge on any atom is -0.285 e. The van der Waals surface area contributed by atoms with Gasteiger partial charge in [-0.25, -0.2) is 0 Å². The molecule has 0 heterocycles. The fourth-order valence-corrected chi connectivity index (χ4v) is 2.33. The molecule has 0 aromatic rings. The molecule has 3 heteroatoms. The first-order chi connectivity index (χ1) is 8.11. The molecule has 0 N–H and O–H groups in total. The SMILES string of the molecule is CCCCC1=CC(CCCC)=C(Br)C(=O)C1=O. The molecule has 1 aliphatic carbocycles. The van der Waals surface area contributed by atoms with Gasteiger partial charge in [0.2, 0.25) is 11.6 Å². The largest absolute Gasteiger partial charge is 0.285 e. The number of rotatable bonds is 6. The quantitative estimate of drug-likeness (QED) is 0.547. The fourth-order valence-electron chi connectivity index (χ4n) is 1.83. The van der Waals surface area contributed by atoms with Crippen molar-refractivity contribution < 1.29 is 9.59 Å². The van der Waals surface area contributed by atoms with Crippen molar-refractivity contribution in [3.8, 4) is 0 Å². The van der Waals surface area contributed by atoms with Crippen LogP contribution in [-0.2, 0) is 9.59 Å². The normalized spacial score (nSPS) is 16.5. The third-order valence-electron chi connectivity index (χ3n) is 2.93. The van der Waals surface area contributed by atoms with Crippen LogP contribution in [0, 0.1) is 0 Å². The standard InChI is InChI=1S/C14H19BrO2/c1-3-5-7-10-9-11(8-6-4-2)13(16)14(17)12(10)15/h9H,3-8H2,1-2H3. The van der Waals surface area contributed by atoms with Gasteiger partial charge >= 0.3 is 0 Å². The van der Waals surface area contributed by atoms with Crippen LogP contribution in [0.4, 0.5) is 0 Å². The molecule has 0 bridgehead atoms. The molecule has 0 aromatic carbocycles. The molecular formula is C14H19BrO2. The summed E-state index contributed by atoms with van der Waals surface area (Å²) in [4.78, 5) is 23.6. The number of carbonyl (C=O) groups is 2. The fraction of sp³-hybridized carbons (Fsp3) is 0.571. The van der Waals surface area contributed by atoms with E-state index >= 15 is 0 Å². The van der Waals surface area contributed by atoms with E-state index in [4.69, 9.17) is 0 Å². The van der Waals surface area contributed by atoms with E-state index in [0.29, 0.717) is 10.1 Å². The average Bonchev–Trinajstić information content (AvgIpc) is 2.34. The van der Waals surface area contributed by atoms with E-state index in [1.807, 2.05) is 6.08 Å². The zero-order valence-corrected chi connectivity index (χ0v) is 12.1. The van der Waals surface area contributed by atoms with Gasteiger partial charge in [-0.3, -0.25) is 9.59 Å². The molecule has 17 heavy (non-hydrogen) atoms. The molecule has 0 spiro atoms. The lowest BCUT2D eigenvalue weighted by Gasteiger charge is -2.14. The Hall–Kier alpha value is -0.700. The molecule has 0 saturated carbocycles. The van der Waals surface area contributed by atoms with E-state index in [1.165, 1.54) is 0 Å². The van der Waals surface area contributed by atoms with Crippen LogP contribution in [0.3, 0.4) is 0 Å². The predicted octanol–water partition coefficient (Wildman–Crippen LogP) is 4.09. The van der Waals surface area contributed by atoms with E-state index in [0.717, 1.165) is 44.1 Å². The highest BCUT2D eigenvalue weighted by molar-refractivity contribution is 9.12. The Morgan fingerprint density at radius 3 is 2.18 bits per heavy atom. The number of carbonyl (C=O) groups excluding carboxylic acids is 2. The minimum atomic E-state index is -0.371. The molecule has 0 radical (unpaired) electrons. The van der Waals surface area contributed by atoms with Gasteiger partial charge in [-0.15, -0.1) is 0 Å². The number of unbranched alkanes of at least 4 members (excludes halogenated alkanes) is 2. The van der Waals surface area contributed by atoms with Crippen LogP contribution < -0.4 is 0 Å². The summed E-state index contributed by atoms with van der Waals surface area (Å²) < 4.78 is 0.469. The van der Waals surface area contributed by atoms with Crippen LogP contribution in [0.1, 0.15) is 52.4 Å². The Kier molecular flexibility index (Phi) is 5.83. The van der Waals surface area contributed by atoms with Crippen LogP contribution in [0.5, 0.6) is 0 Å². The van der Waals surface area contributed by atoms with Crippen LogP contribution in [-0.4, -0.2) is 11.6 Å². The molecule has 94 valence electrons. The van der Waals surface area contributed by atoms with Crippen molar-refractivity contribution in [2.45, 2.75) is 52.4 Å². The van der Waals surface area contributed by atoms with Crippen LogP contribution in [0.2, 0.25) is 0 Å². The summed E-state index contributed by atoms with van der Waals surface area (Å²) in [5, 5.41) is 0. The zero-order valence-electron chi connectivity index (χ0n) is 10.5. The van der Waals surface area contributed by atoms with E-state index < -0.39 is 0 Å². The Morgan fingerprint density at radius 2 is 1.59 bits per heavy atom. The summed E-state index contributed by atoms with van der Waals surface area (Å²) in [6.07, 6.45) is 7.63. The minimum absolute atomic E-state index is 0.328. The molecule has 0 saturated heterocycles. The van der Waals surface area contributed by atoms with Crippen LogP contribution in [0.15, 0.2) is 21.7 Å². The molecule has 0 amide bonds. The van der Waals surface area contributed by atoms with Gasteiger partial charge < -0.3 is 0 Å². The van der Waals surface area contributed by atoms with E-state index in [1.54, 1.807) is 0 Å². The van der Waals surface area contributed by atoms with Gasteiger partial charge in [-0.1, -0.05) is 32.8 Å². The van der Waals surface area contributed by atoms with Gasteiger partial charge in [0.25, 0.3) is 0 Å². The van der Waals surface area contributed by atoms with Crippen molar-refractivity contribution in [3.63, 3.8) is 0 Å². The molecule has 0 atom stereocenters. The second-order valence-electron chi connectivity index (χ2n) is 4.37. The number of hydrogen-bond acceptors (Lipinski definition) is 2. The topological polar surface area (TPSA) is 34.1 Å². The zero-order chi connectivity index (χ0) is 12.8. The van der Waals surface area contributed by atoms with E-state index in [9.17, 15) is 9.59 Å². The Balaban J connectivity index is 2.89. The first-order valence-corrected chi connectivity index (χ1v) is 7.09. The predicted molar refractivity (Wildman–Crippen MR) is 73.1 cm³/mol. The van der Waals surface area contributed by atoms with Gasteiger partial charge in [-0.05, 0) is 47.2 Å². The van der Waals surface area contributed by atoms with Gasteiger partial charge in [-0.2, -0.15) is 0 Å². The molecule has 0 fully saturated rings. The first-order valence-electron chi connectivity index (χ1n) is 6.30. The van der Waals surface area contributed by atoms with Crippen molar-refractivity contribution in [1.82, 2.24) is 0 Å². The molecule has 1 rings (SSSR count). The molecule has 2 nitrogen and oxygen atoms in total. The summed E-state index contributed by atoms with van der Waals surface area (Å²) in [5.41, 5.74) is 1.67. The van der Waals surface area contributed by atoms with E-state index in [-0.39, 0.29) is 11.6 Å². The lowest BCUT2D eigenvalue weighted by atomic mass is 9.91. The maximum Gasteiger partial charge on any atom is 0.240 e. The van der Waals surface area contributed by atoms with Crippen molar-refractivity contribution in [2.24, 2.45) is 0 Å². The molecule has 0 aromatic heterocycles. The second-order valence-corrected chi connectivity index (χ2v) is 5.17. The molecule has 0 aliphatic heterocycles. The second kappa shape index (κ2) is 6.90. The van der Waals surface area contributed by atoms with E-state index in [2.05, 4.69) is 29.8 Å². The Bertz CT molecular complexity index is 378. The van der Waals surface area contributed by atoms with Gasteiger partial charge in [0.05, 0.1) is 4.48 Å². The summed E-state index contributed by atoms with van der Waals surface area (Å²) in [6.45, 7) is 4.20. The highest BCUT2D eigenvalue weighted by atomic mass is 79.9. The smallest absolute Gasteiger partial charge is 0.240 e. The van der Waals surface area contributed by atoms with Crippen molar-refractivity contribution in [1.29, 1.82) is 0 Å². The molecule has 1 aliphatic rings.